The minimum absolute atomic E-state index is 0.0556. The van der Waals surface area contributed by atoms with Crippen LogP contribution in [-0.2, 0) is 9.59 Å². The van der Waals surface area contributed by atoms with E-state index in [0.717, 1.165) is 26.6 Å². The molecule has 6 heteroatoms. The summed E-state index contributed by atoms with van der Waals surface area (Å²) in [6.07, 6.45) is 0.202. The summed E-state index contributed by atoms with van der Waals surface area (Å²) in [5, 5.41) is 5.67. The number of amides is 2. The molecule has 4 rings (SSSR count). The highest BCUT2D eigenvalue weighted by Gasteiger charge is 2.35. The highest BCUT2D eigenvalue weighted by molar-refractivity contribution is 9.10. The zero-order chi connectivity index (χ0) is 19.0. The summed E-state index contributed by atoms with van der Waals surface area (Å²) in [6.45, 7) is 0.366. The first kappa shape index (κ1) is 18.0. The van der Waals surface area contributed by atoms with E-state index < -0.39 is 0 Å². The van der Waals surface area contributed by atoms with Crippen molar-refractivity contribution < 1.29 is 9.59 Å². The van der Waals surface area contributed by atoms with Crippen molar-refractivity contribution in [2.24, 2.45) is 5.92 Å². The standard InChI is InChI=1S/C21H16BrClN2O2/c22-19-3-1-2-13-10-16(6-9-18(13)19)24-21(27)14-11-20(26)25(12-14)17-7-4-15(23)5-8-17/h1-10,14H,11-12H2,(H,24,27). The van der Waals surface area contributed by atoms with Gasteiger partial charge in [-0.25, -0.2) is 0 Å². The van der Waals surface area contributed by atoms with Crippen LogP contribution in [0.4, 0.5) is 11.4 Å². The van der Waals surface area contributed by atoms with Gasteiger partial charge in [-0.1, -0.05) is 45.7 Å². The lowest BCUT2D eigenvalue weighted by molar-refractivity contribution is -0.122. The molecule has 0 saturated carbocycles. The van der Waals surface area contributed by atoms with Crippen LogP contribution in [0, 0.1) is 5.92 Å². The Morgan fingerprint density at radius 2 is 1.89 bits per heavy atom. The van der Waals surface area contributed by atoms with Crippen molar-refractivity contribution in [1.29, 1.82) is 0 Å². The molecule has 1 aliphatic heterocycles. The quantitative estimate of drug-likeness (QED) is 0.601. The first-order valence-electron chi connectivity index (χ1n) is 8.56. The van der Waals surface area contributed by atoms with Gasteiger partial charge in [-0.05, 0) is 53.2 Å². The van der Waals surface area contributed by atoms with E-state index in [1.54, 1.807) is 29.2 Å². The number of carbonyl (C=O) groups excluding carboxylic acids is 2. The summed E-state index contributed by atoms with van der Waals surface area (Å²) >= 11 is 9.43. The molecule has 1 aliphatic rings. The van der Waals surface area contributed by atoms with E-state index in [2.05, 4.69) is 21.2 Å². The van der Waals surface area contributed by atoms with Gasteiger partial charge in [-0.15, -0.1) is 0 Å². The molecule has 3 aromatic carbocycles. The van der Waals surface area contributed by atoms with Crippen molar-refractivity contribution in [1.82, 2.24) is 0 Å². The fourth-order valence-electron chi connectivity index (χ4n) is 3.32. The zero-order valence-electron chi connectivity index (χ0n) is 14.3. The van der Waals surface area contributed by atoms with Gasteiger partial charge in [-0.2, -0.15) is 0 Å². The first-order chi connectivity index (χ1) is 13.0. The zero-order valence-corrected chi connectivity index (χ0v) is 16.6. The molecule has 1 fully saturated rings. The third kappa shape index (κ3) is 3.70. The maximum atomic E-state index is 12.7. The molecule has 1 unspecified atom stereocenters. The van der Waals surface area contributed by atoms with Crippen molar-refractivity contribution in [2.75, 3.05) is 16.8 Å². The van der Waals surface area contributed by atoms with E-state index in [1.165, 1.54) is 0 Å². The van der Waals surface area contributed by atoms with Gasteiger partial charge < -0.3 is 10.2 Å². The van der Waals surface area contributed by atoms with Crippen LogP contribution < -0.4 is 10.2 Å². The van der Waals surface area contributed by atoms with Crippen molar-refractivity contribution in [2.45, 2.75) is 6.42 Å². The fraction of sp³-hybridized carbons (Fsp3) is 0.143. The topological polar surface area (TPSA) is 49.4 Å². The third-order valence-electron chi connectivity index (χ3n) is 4.73. The molecule has 0 aliphatic carbocycles. The van der Waals surface area contributed by atoms with Gasteiger partial charge in [-0.3, -0.25) is 9.59 Å². The van der Waals surface area contributed by atoms with Gasteiger partial charge in [0.15, 0.2) is 0 Å². The minimum Gasteiger partial charge on any atom is -0.326 e. The van der Waals surface area contributed by atoms with Crippen molar-refractivity contribution in [3.63, 3.8) is 0 Å². The number of benzene rings is 3. The lowest BCUT2D eigenvalue weighted by Gasteiger charge is -2.17. The number of fused-ring (bicyclic) bond motifs is 1. The Morgan fingerprint density at radius 3 is 2.67 bits per heavy atom. The number of nitrogens with zero attached hydrogens (tertiary/aromatic N) is 1. The number of halogens is 2. The van der Waals surface area contributed by atoms with Crippen LogP contribution in [0.3, 0.4) is 0 Å². The average molecular weight is 444 g/mol. The summed E-state index contributed by atoms with van der Waals surface area (Å²) in [7, 11) is 0. The summed E-state index contributed by atoms with van der Waals surface area (Å²) in [5.74, 6) is -0.583. The third-order valence-corrected chi connectivity index (χ3v) is 5.67. The van der Waals surface area contributed by atoms with Gasteiger partial charge in [0.2, 0.25) is 11.8 Å². The SMILES string of the molecule is O=C(Nc1ccc2c(Br)cccc2c1)C1CC(=O)N(c2ccc(Cl)cc2)C1. The molecule has 0 bridgehead atoms. The average Bonchev–Trinajstić information content (AvgIpc) is 3.04. The Balaban J connectivity index is 1.49. The summed E-state index contributed by atoms with van der Waals surface area (Å²) < 4.78 is 1.01. The van der Waals surface area contributed by atoms with Crippen molar-refractivity contribution in [3.8, 4) is 0 Å². The fourth-order valence-corrected chi connectivity index (χ4v) is 3.96. The molecule has 0 aromatic heterocycles. The van der Waals surface area contributed by atoms with Crippen LogP contribution in [0.2, 0.25) is 5.02 Å². The smallest absolute Gasteiger partial charge is 0.229 e. The summed E-state index contributed by atoms with van der Waals surface area (Å²) in [4.78, 5) is 26.7. The van der Waals surface area contributed by atoms with Crippen LogP contribution >= 0.6 is 27.5 Å². The molecule has 4 nitrogen and oxygen atoms in total. The second-order valence-electron chi connectivity index (χ2n) is 6.55. The highest BCUT2D eigenvalue weighted by atomic mass is 79.9. The number of hydrogen-bond donors (Lipinski definition) is 1. The largest absolute Gasteiger partial charge is 0.326 e. The highest BCUT2D eigenvalue weighted by Crippen LogP contribution is 2.29. The lowest BCUT2D eigenvalue weighted by atomic mass is 10.1. The molecule has 3 aromatic rings. The van der Waals surface area contributed by atoms with E-state index in [9.17, 15) is 9.59 Å². The van der Waals surface area contributed by atoms with Crippen LogP contribution in [0.5, 0.6) is 0 Å². The van der Waals surface area contributed by atoms with Gasteiger partial charge in [0.1, 0.15) is 0 Å². The van der Waals surface area contributed by atoms with Crippen LogP contribution in [0.1, 0.15) is 6.42 Å². The summed E-state index contributed by atoms with van der Waals surface area (Å²) in [5.41, 5.74) is 1.48. The van der Waals surface area contributed by atoms with E-state index >= 15 is 0 Å². The Morgan fingerprint density at radius 1 is 1.11 bits per heavy atom. The number of hydrogen-bond acceptors (Lipinski definition) is 2. The molecule has 1 heterocycles. The van der Waals surface area contributed by atoms with Crippen LogP contribution in [-0.4, -0.2) is 18.4 Å². The monoisotopic (exact) mass is 442 g/mol. The molecule has 0 radical (unpaired) electrons. The number of rotatable bonds is 3. The molecule has 1 atom stereocenters. The van der Waals surface area contributed by atoms with Gasteiger partial charge in [0, 0.05) is 33.8 Å². The Hall–Kier alpha value is -2.37. The molecular formula is C21H16BrClN2O2. The van der Waals surface area contributed by atoms with E-state index in [4.69, 9.17) is 11.6 Å². The maximum absolute atomic E-state index is 12.7. The maximum Gasteiger partial charge on any atom is 0.229 e. The Bertz CT molecular complexity index is 1040. The van der Waals surface area contributed by atoms with E-state index in [-0.39, 0.29) is 24.2 Å². The van der Waals surface area contributed by atoms with Gasteiger partial charge in [0.05, 0.1) is 5.92 Å². The first-order valence-corrected chi connectivity index (χ1v) is 9.73. The number of nitrogens with one attached hydrogen (secondary N) is 1. The van der Waals surface area contributed by atoms with Crippen molar-refractivity contribution in [3.05, 3.63) is 70.2 Å². The molecule has 27 heavy (non-hydrogen) atoms. The lowest BCUT2D eigenvalue weighted by Crippen LogP contribution is -2.28. The van der Waals surface area contributed by atoms with Crippen molar-refractivity contribution >= 4 is 61.5 Å². The van der Waals surface area contributed by atoms with Gasteiger partial charge >= 0.3 is 0 Å². The predicted octanol–water partition coefficient (Wildman–Crippen LogP) is 5.25. The minimum atomic E-state index is -0.383. The number of anilines is 2. The molecule has 1 saturated heterocycles. The normalized spacial score (nSPS) is 16.7. The second kappa shape index (κ2) is 7.33. The molecule has 136 valence electrons. The predicted molar refractivity (Wildman–Crippen MR) is 112 cm³/mol. The number of carbonyl (C=O) groups is 2. The Kier molecular flexibility index (Phi) is 4.89. The van der Waals surface area contributed by atoms with Gasteiger partial charge in [0.25, 0.3) is 0 Å². The molecule has 0 spiro atoms. The molecule has 2 amide bonds. The Labute approximate surface area is 170 Å². The van der Waals surface area contributed by atoms with E-state index in [0.29, 0.717) is 11.6 Å². The summed E-state index contributed by atoms with van der Waals surface area (Å²) in [6, 6.07) is 18.8. The van der Waals surface area contributed by atoms with Crippen LogP contribution in [0.15, 0.2) is 65.1 Å². The van der Waals surface area contributed by atoms with Crippen LogP contribution in [0.25, 0.3) is 10.8 Å². The molecule has 1 N–H and O–H groups in total. The van der Waals surface area contributed by atoms with E-state index in [1.807, 2.05) is 36.4 Å². The second-order valence-corrected chi connectivity index (χ2v) is 7.84. The molecular weight excluding hydrogens is 428 g/mol.